The number of rotatable bonds is 3. The minimum Gasteiger partial charge on any atom is -0.504 e. The normalized spacial score (nSPS) is 15.1. The number of carbonyl (C=O) groups is 1. The Labute approximate surface area is 99.3 Å². The van der Waals surface area contributed by atoms with Gasteiger partial charge in [0.25, 0.3) is 0 Å². The van der Waals surface area contributed by atoms with E-state index in [1.54, 1.807) is 0 Å². The molecule has 0 fully saturated rings. The van der Waals surface area contributed by atoms with Crippen LogP contribution in [0.25, 0.3) is 0 Å². The van der Waals surface area contributed by atoms with Crippen LogP contribution in [0.2, 0.25) is 0 Å². The van der Waals surface area contributed by atoms with Gasteiger partial charge < -0.3 is 21.1 Å². The highest BCUT2D eigenvalue weighted by molar-refractivity contribution is 5.80. The van der Waals surface area contributed by atoms with E-state index in [1.807, 2.05) is 0 Å². The molecule has 0 heterocycles. The Hall–Kier alpha value is -1.96. The Morgan fingerprint density at radius 1 is 1.22 bits per heavy atom. The zero-order valence-corrected chi connectivity index (χ0v) is 8.90. The summed E-state index contributed by atoms with van der Waals surface area (Å²) in [6.45, 7) is 0. The molecule has 0 radical (unpaired) electrons. The molecule has 0 amide bonds. The van der Waals surface area contributed by atoms with Crippen molar-refractivity contribution in [3.8, 4) is 11.5 Å². The molecular formula is C10H10F3NO4. The maximum Gasteiger partial charge on any atom is 0.417 e. The first-order valence-corrected chi connectivity index (χ1v) is 4.68. The second-order valence-corrected chi connectivity index (χ2v) is 3.77. The van der Waals surface area contributed by atoms with Crippen molar-refractivity contribution in [3.05, 3.63) is 23.8 Å². The van der Waals surface area contributed by atoms with Gasteiger partial charge in [-0.3, -0.25) is 0 Å². The molecule has 18 heavy (non-hydrogen) atoms. The van der Waals surface area contributed by atoms with Crippen molar-refractivity contribution in [1.29, 1.82) is 0 Å². The first-order chi connectivity index (χ1) is 8.08. The smallest absolute Gasteiger partial charge is 0.417 e. The lowest BCUT2D eigenvalue weighted by Crippen LogP contribution is -2.61. The van der Waals surface area contributed by atoms with Crippen LogP contribution in [-0.2, 0) is 11.2 Å². The zero-order valence-electron chi connectivity index (χ0n) is 8.90. The van der Waals surface area contributed by atoms with Crippen molar-refractivity contribution in [2.24, 2.45) is 5.73 Å². The fourth-order valence-corrected chi connectivity index (χ4v) is 1.30. The van der Waals surface area contributed by atoms with Crippen molar-refractivity contribution in [3.63, 3.8) is 0 Å². The predicted molar refractivity (Wildman–Crippen MR) is 54.1 cm³/mol. The monoisotopic (exact) mass is 265 g/mol. The quantitative estimate of drug-likeness (QED) is 0.610. The highest BCUT2D eigenvalue weighted by Crippen LogP contribution is 2.33. The minimum atomic E-state index is -5.15. The summed E-state index contributed by atoms with van der Waals surface area (Å²) in [5.41, 5.74) is 1.26. The standard InChI is InChI=1S/C10H10F3NO4/c11-10(12,13)9(14,8(17)18)4-5-1-2-6(15)7(16)3-5/h1-3,15-16H,4,14H2,(H,17,18)/t9-/m1/s1. The van der Waals surface area contributed by atoms with E-state index in [1.165, 1.54) is 0 Å². The van der Waals surface area contributed by atoms with Crippen LogP contribution in [0.5, 0.6) is 11.5 Å². The number of carboxylic acid groups (broad SMARTS) is 1. The molecule has 1 rings (SSSR count). The Kier molecular flexibility index (Phi) is 3.43. The van der Waals surface area contributed by atoms with Crippen LogP contribution in [0.15, 0.2) is 18.2 Å². The molecular weight excluding hydrogens is 255 g/mol. The fraction of sp³-hybridized carbons (Fsp3) is 0.300. The summed E-state index contributed by atoms with van der Waals surface area (Å²) in [4.78, 5) is 10.7. The first kappa shape index (κ1) is 14.1. The summed E-state index contributed by atoms with van der Waals surface area (Å²) in [7, 11) is 0. The van der Waals surface area contributed by atoms with Gasteiger partial charge in [-0.05, 0) is 17.7 Å². The number of alkyl halides is 3. The average Bonchev–Trinajstić information content (AvgIpc) is 2.21. The number of nitrogens with two attached hydrogens (primary N) is 1. The van der Waals surface area contributed by atoms with Gasteiger partial charge >= 0.3 is 12.1 Å². The number of hydrogen-bond donors (Lipinski definition) is 4. The molecule has 0 unspecified atom stereocenters. The first-order valence-electron chi connectivity index (χ1n) is 4.68. The van der Waals surface area contributed by atoms with Gasteiger partial charge in [-0.2, -0.15) is 13.2 Å². The van der Waals surface area contributed by atoms with E-state index in [-0.39, 0.29) is 5.56 Å². The van der Waals surface area contributed by atoms with Gasteiger partial charge in [0.2, 0.25) is 5.54 Å². The summed E-state index contributed by atoms with van der Waals surface area (Å²) < 4.78 is 37.8. The van der Waals surface area contributed by atoms with Gasteiger partial charge in [0.1, 0.15) is 0 Å². The second kappa shape index (κ2) is 4.37. The molecule has 5 N–H and O–H groups in total. The molecule has 0 spiro atoms. The predicted octanol–water partition coefficient (Wildman–Crippen LogP) is 0.985. The highest BCUT2D eigenvalue weighted by Gasteiger charge is 2.58. The van der Waals surface area contributed by atoms with Crippen molar-refractivity contribution >= 4 is 5.97 Å². The van der Waals surface area contributed by atoms with E-state index in [2.05, 4.69) is 0 Å². The molecule has 8 heteroatoms. The van der Waals surface area contributed by atoms with Gasteiger partial charge in [-0.15, -0.1) is 0 Å². The number of halogens is 3. The topological polar surface area (TPSA) is 104 Å². The number of benzene rings is 1. The number of aliphatic carboxylic acids is 1. The van der Waals surface area contributed by atoms with Crippen LogP contribution in [0.3, 0.4) is 0 Å². The minimum absolute atomic E-state index is 0.160. The summed E-state index contributed by atoms with van der Waals surface area (Å²) in [5, 5.41) is 26.7. The van der Waals surface area contributed by atoms with Crippen LogP contribution in [0.4, 0.5) is 13.2 Å². The SMILES string of the molecule is N[C@](Cc1ccc(O)c(O)c1)(C(=O)O)C(F)(F)F. The van der Waals surface area contributed by atoms with Gasteiger partial charge in [-0.25, -0.2) is 4.79 Å². The lowest BCUT2D eigenvalue weighted by atomic mass is 9.91. The fourth-order valence-electron chi connectivity index (χ4n) is 1.30. The summed E-state index contributed by atoms with van der Waals surface area (Å²) in [6.07, 6.45) is -6.20. The van der Waals surface area contributed by atoms with Gasteiger partial charge in [0.05, 0.1) is 0 Å². The van der Waals surface area contributed by atoms with E-state index in [9.17, 15) is 18.0 Å². The molecule has 0 aliphatic heterocycles. The highest BCUT2D eigenvalue weighted by atomic mass is 19.4. The number of phenolic OH excluding ortho intramolecular Hbond substituents is 2. The maximum atomic E-state index is 12.6. The van der Waals surface area contributed by atoms with Crippen molar-refractivity contribution < 1.29 is 33.3 Å². The Bertz CT molecular complexity index is 475. The van der Waals surface area contributed by atoms with Crippen LogP contribution in [-0.4, -0.2) is 33.0 Å². The van der Waals surface area contributed by atoms with Crippen molar-refractivity contribution in [1.82, 2.24) is 0 Å². The van der Waals surface area contributed by atoms with Crippen LogP contribution in [0.1, 0.15) is 5.56 Å². The lowest BCUT2D eigenvalue weighted by Gasteiger charge is -2.27. The molecule has 5 nitrogen and oxygen atoms in total. The zero-order chi connectivity index (χ0) is 14.1. The Morgan fingerprint density at radius 3 is 2.17 bits per heavy atom. The van der Waals surface area contributed by atoms with Crippen molar-refractivity contribution in [2.45, 2.75) is 18.1 Å². The molecule has 1 aromatic carbocycles. The third-order valence-corrected chi connectivity index (χ3v) is 2.41. The molecule has 0 aliphatic carbocycles. The molecule has 0 aromatic heterocycles. The third-order valence-electron chi connectivity index (χ3n) is 2.41. The number of carboxylic acids is 1. The summed E-state index contributed by atoms with van der Waals surface area (Å²) >= 11 is 0. The van der Waals surface area contributed by atoms with E-state index in [4.69, 9.17) is 21.1 Å². The van der Waals surface area contributed by atoms with Crippen LogP contribution in [0, 0.1) is 0 Å². The van der Waals surface area contributed by atoms with Crippen molar-refractivity contribution in [2.75, 3.05) is 0 Å². The van der Waals surface area contributed by atoms with Gasteiger partial charge in [0, 0.05) is 6.42 Å². The largest absolute Gasteiger partial charge is 0.504 e. The molecule has 0 aliphatic rings. The molecule has 0 saturated carbocycles. The Morgan fingerprint density at radius 2 is 1.78 bits per heavy atom. The van der Waals surface area contributed by atoms with Gasteiger partial charge in [0.15, 0.2) is 11.5 Å². The van der Waals surface area contributed by atoms with Crippen LogP contribution < -0.4 is 5.73 Å². The number of aromatic hydroxyl groups is 2. The maximum absolute atomic E-state index is 12.6. The number of hydrogen-bond acceptors (Lipinski definition) is 4. The van der Waals surface area contributed by atoms with Crippen LogP contribution >= 0.6 is 0 Å². The summed E-state index contributed by atoms with van der Waals surface area (Å²) in [5.74, 6) is -3.39. The molecule has 100 valence electrons. The third kappa shape index (κ3) is 2.48. The van der Waals surface area contributed by atoms with E-state index < -0.39 is 35.6 Å². The van der Waals surface area contributed by atoms with Gasteiger partial charge in [-0.1, -0.05) is 6.07 Å². The Balaban J connectivity index is 3.12. The molecule has 0 saturated heterocycles. The average molecular weight is 265 g/mol. The molecule has 1 aromatic rings. The lowest BCUT2D eigenvalue weighted by molar-refractivity contribution is -0.201. The van der Waals surface area contributed by atoms with E-state index in [0.29, 0.717) is 0 Å². The van der Waals surface area contributed by atoms with E-state index in [0.717, 1.165) is 18.2 Å². The molecule has 1 atom stereocenters. The second-order valence-electron chi connectivity index (χ2n) is 3.77. The number of phenols is 2. The van der Waals surface area contributed by atoms with E-state index >= 15 is 0 Å². The molecule has 0 bridgehead atoms. The summed E-state index contributed by atoms with van der Waals surface area (Å²) in [6, 6.07) is 2.82.